The number of carboxylic acid groups (broad SMARTS) is 1. The van der Waals surface area contributed by atoms with Crippen molar-refractivity contribution >= 4 is 39.2 Å². The van der Waals surface area contributed by atoms with Gasteiger partial charge in [0.25, 0.3) is 0 Å². The Morgan fingerprint density at radius 1 is 1.17 bits per heavy atom. The summed E-state index contributed by atoms with van der Waals surface area (Å²) in [6.07, 6.45) is 3.91. The van der Waals surface area contributed by atoms with E-state index in [2.05, 4.69) is 16.2 Å². The number of benzene rings is 2. The highest BCUT2D eigenvalue weighted by molar-refractivity contribution is 7.19. The molecule has 0 aliphatic rings. The topological polar surface area (TPSA) is 91.8 Å². The van der Waals surface area contributed by atoms with Crippen molar-refractivity contribution in [2.45, 2.75) is 19.4 Å². The molecule has 2 aromatic heterocycles. The number of aliphatic carboxylic acids is 1. The molecule has 0 spiro atoms. The smallest absolute Gasteiger partial charge is 0.307 e. The SMILES string of the molecule is N#CCCn1cc(/C=C(/CC(=O)O)c2nc3ccccc3s2)c(-c2ccccc2)n1. The molecule has 30 heavy (non-hydrogen) atoms. The Kier molecular flexibility index (Phi) is 5.68. The number of para-hydroxylation sites is 1. The number of hydrogen-bond donors (Lipinski definition) is 1. The van der Waals surface area contributed by atoms with E-state index in [9.17, 15) is 9.90 Å². The molecule has 0 atom stereocenters. The van der Waals surface area contributed by atoms with E-state index in [1.54, 1.807) is 4.68 Å². The van der Waals surface area contributed by atoms with E-state index in [-0.39, 0.29) is 6.42 Å². The summed E-state index contributed by atoms with van der Waals surface area (Å²) < 4.78 is 2.74. The van der Waals surface area contributed by atoms with Crippen molar-refractivity contribution in [1.29, 1.82) is 5.26 Å². The van der Waals surface area contributed by atoms with Crippen molar-refractivity contribution in [1.82, 2.24) is 14.8 Å². The van der Waals surface area contributed by atoms with Crippen molar-refractivity contribution in [3.63, 3.8) is 0 Å². The molecule has 0 saturated carbocycles. The zero-order valence-corrected chi connectivity index (χ0v) is 16.8. The largest absolute Gasteiger partial charge is 0.481 e. The first-order valence-electron chi connectivity index (χ1n) is 9.42. The van der Waals surface area contributed by atoms with Gasteiger partial charge in [-0.05, 0) is 23.8 Å². The monoisotopic (exact) mass is 414 g/mol. The number of carbonyl (C=O) groups is 1. The van der Waals surface area contributed by atoms with Crippen LogP contribution >= 0.6 is 11.3 Å². The second-order valence-electron chi connectivity index (χ2n) is 6.70. The fourth-order valence-corrected chi connectivity index (χ4v) is 4.17. The molecule has 148 valence electrons. The standard InChI is InChI=1S/C23H18N4O2S/c24-11-6-12-27-15-18(22(26-27)16-7-2-1-3-8-16)13-17(14-21(28)29)23-25-19-9-4-5-10-20(19)30-23/h1-5,7-10,13,15H,6,12,14H2,(H,28,29)/b17-13-. The van der Waals surface area contributed by atoms with Gasteiger partial charge in [-0.15, -0.1) is 11.3 Å². The molecule has 0 radical (unpaired) electrons. The second-order valence-corrected chi connectivity index (χ2v) is 7.73. The number of nitriles is 1. The summed E-state index contributed by atoms with van der Waals surface area (Å²) >= 11 is 1.48. The van der Waals surface area contributed by atoms with Crippen molar-refractivity contribution in [3.05, 3.63) is 71.4 Å². The summed E-state index contributed by atoms with van der Waals surface area (Å²) in [7, 11) is 0. The summed E-state index contributed by atoms with van der Waals surface area (Å²) in [5.41, 5.74) is 3.95. The van der Waals surface area contributed by atoms with E-state index >= 15 is 0 Å². The molecule has 0 fully saturated rings. The maximum Gasteiger partial charge on any atom is 0.307 e. The zero-order valence-electron chi connectivity index (χ0n) is 16.0. The first kappa shape index (κ1) is 19.6. The van der Waals surface area contributed by atoms with Crippen LogP contribution in [0.2, 0.25) is 0 Å². The Labute approximate surface area is 177 Å². The molecule has 7 heteroatoms. The van der Waals surface area contributed by atoms with Gasteiger partial charge < -0.3 is 5.11 Å². The van der Waals surface area contributed by atoms with Gasteiger partial charge in [0.2, 0.25) is 0 Å². The molecule has 0 saturated heterocycles. The molecule has 4 aromatic rings. The molecule has 2 aromatic carbocycles. The first-order chi connectivity index (χ1) is 14.6. The highest BCUT2D eigenvalue weighted by Gasteiger charge is 2.16. The summed E-state index contributed by atoms with van der Waals surface area (Å²) in [6.45, 7) is 0.472. The van der Waals surface area contributed by atoms with Crippen LogP contribution in [0.15, 0.2) is 60.8 Å². The summed E-state index contributed by atoms with van der Waals surface area (Å²) in [5, 5.41) is 23.7. The van der Waals surface area contributed by atoms with E-state index in [0.29, 0.717) is 23.5 Å². The molecule has 4 rings (SSSR count). The normalized spacial score (nSPS) is 11.5. The fraction of sp³-hybridized carbons (Fsp3) is 0.130. The zero-order chi connectivity index (χ0) is 20.9. The van der Waals surface area contributed by atoms with Crippen LogP contribution in [0.4, 0.5) is 0 Å². The van der Waals surface area contributed by atoms with E-state index in [4.69, 9.17) is 5.26 Å². The minimum Gasteiger partial charge on any atom is -0.481 e. The van der Waals surface area contributed by atoms with Crippen LogP contribution in [0, 0.1) is 11.3 Å². The Bertz CT molecular complexity index is 1230. The number of rotatable bonds is 7. The van der Waals surface area contributed by atoms with Gasteiger partial charge in [-0.1, -0.05) is 42.5 Å². The summed E-state index contributed by atoms with van der Waals surface area (Å²) in [6, 6.07) is 19.6. The van der Waals surface area contributed by atoms with Crippen LogP contribution in [-0.2, 0) is 11.3 Å². The van der Waals surface area contributed by atoms with Gasteiger partial charge in [0.15, 0.2) is 0 Å². The van der Waals surface area contributed by atoms with Crippen molar-refractivity contribution in [2.75, 3.05) is 0 Å². The Hall–Kier alpha value is -3.76. The van der Waals surface area contributed by atoms with E-state index in [1.165, 1.54) is 11.3 Å². The van der Waals surface area contributed by atoms with Crippen molar-refractivity contribution in [3.8, 4) is 17.3 Å². The average Bonchev–Trinajstić information content (AvgIpc) is 3.36. The molecule has 0 unspecified atom stereocenters. The number of aryl methyl sites for hydroxylation is 1. The number of thiazole rings is 1. The van der Waals surface area contributed by atoms with Crippen LogP contribution in [-0.4, -0.2) is 25.8 Å². The predicted molar refractivity (Wildman–Crippen MR) is 118 cm³/mol. The van der Waals surface area contributed by atoms with Crippen LogP contribution in [0.5, 0.6) is 0 Å². The Balaban J connectivity index is 1.83. The van der Waals surface area contributed by atoms with E-state index < -0.39 is 5.97 Å². The predicted octanol–water partition coefficient (Wildman–Crippen LogP) is 5.09. The molecule has 1 N–H and O–H groups in total. The van der Waals surface area contributed by atoms with Crippen LogP contribution in [0.25, 0.3) is 33.1 Å². The lowest BCUT2D eigenvalue weighted by molar-refractivity contribution is -0.135. The molecule has 2 heterocycles. The van der Waals surface area contributed by atoms with E-state index in [1.807, 2.05) is 66.9 Å². The van der Waals surface area contributed by atoms with Crippen molar-refractivity contribution in [2.24, 2.45) is 0 Å². The molecule has 0 amide bonds. The second kappa shape index (κ2) is 8.72. The number of aromatic nitrogens is 3. The lowest BCUT2D eigenvalue weighted by Gasteiger charge is -2.02. The van der Waals surface area contributed by atoms with Crippen LogP contribution in [0.1, 0.15) is 23.4 Å². The maximum absolute atomic E-state index is 11.6. The fourth-order valence-electron chi connectivity index (χ4n) is 3.19. The summed E-state index contributed by atoms with van der Waals surface area (Å²) in [5.74, 6) is -0.918. The first-order valence-corrected chi connectivity index (χ1v) is 10.2. The number of hydrogen-bond acceptors (Lipinski definition) is 5. The Morgan fingerprint density at radius 3 is 2.67 bits per heavy atom. The quantitative estimate of drug-likeness (QED) is 0.455. The van der Waals surface area contributed by atoms with Gasteiger partial charge in [-0.2, -0.15) is 10.4 Å². The van der Waals surface area contributed by atoms with Crippen LogP contribution < -0.4 is 0 Å². The number of carboxylic acids is 1. The van der Waals surface area contributed by atoms with Gasteiger partial charge in [-0.25, -0.2) is 4.98 Å². The van der Waals surface area contributed by atoms with Gasteiger partial charge in [0.1, 0.15) is 5.01 Å². The molecular formula is C23H18N4O2S. The van der Waals surface area contributed by atoms with Gasteiger partial charge in [0.05, 0.1) is 41.4 Å². The third-order valence-electron chi connectivity index (χ3n) is 4.53. The molecular weight excluding hydrogens is 396 g/mol. The lowest BCUT2D eigenvalue weighted by atomic mass is 10.0. The number of fused-ring (bicyclic) bond motifs is 1. The van der Waals surface area contributed by atoms with Crippen LogP contribution in [0.3, 0.4) is 0 Å². The highest BCUT2D eigenvalue weighted by Crippen LogP contribution is 2.32. The van der Waals surface area contributed by atoms with Gasteiger partial charge in [-0.3, -0.25) is 9.48 Å². The summed E-state index contributed by atoms with van der Waals surface area (Å²) in [4.78, 5) is 16.2. The molecule has 0 bridgehead atoms. The van der Waals surface area contributed by atoms with E-state index in [0.717, 1.165) is 27.0 Å². The average molecular weight is 414 g/mol. The Morgan fingerprint density at radius 2 is 1.93 bits per heavy atom. The lowest BCUT2D eigenvalue weighted by Crippen LogP contribution is -1.97. The van der Waals surface area contributed by atoms with Crippen molar-refractivity contribution < 1.29 is 9.90 Å². The maximum atomic E-state index is 11.6. The van der Waals surface area contributed by atoms with Gasteiger partial charge in [0, 0.05) is 17.3 Å². The van der Waals surface area contributed by atoms with Gasteiger partial charge >= 0.3 is 5.97 Å². The molecule has 0 aliphatic carbocycles. The highest BCUT2D eigenvalue weighted by atomic mass is 32.1. The molecule has 6 nitrogen and oxygen atoms in total. The third-order valence-corrected chi connectivity index (χ3v) is 5.64. The molecule has 0 aliphatic heterocycles. The number of nitrogens with zero attached hydrogens (tertiary/aromatic N) is 4. The third kappa shape index (κ3) is 4.29. The minimum absolute atomic E-state index is 0.141. The minimum atomic E-state index is -0.918.